The number of ether oxygens (including phenoxy) is 1. The molecule has 0 aromatic heterocycles. The Morgan fingerprint density at radius 3 is 1.96 bits per heavy atom. The topological polar surface area (TPSA) is 49.9 Å². The van der Waals surface area contributed by atoms with Gasteiger partial charge in [0.05, 0.1) is 13.0 Å². The molecule has 1 fully saturated rings. The van der Waals surface area contributed by atoms with E-state index in [1.807, 2.05) is 12.1 Å². The van der Waals surface area contributed by atoms with Crippen molar-refractivity contribution in [2.24, 2.45) is 0 Å². The molecule has 1 rings (SSSR count). The molecule has 0 saturated carbocycles. The Bertz CT molecular complexity index is 387. The van der Waals surface area contributed by atoms with Crippen molar-refractivity contribution >= 4 is 11.9 Å². The van der Waals surface area contributed by atoms with E-state index in [0.29, 0.717) is 19.6 Å². The maximum absolute atomic E-state index is 11.7. The van der Waals surface area contributed by atoms with Crippen LogP contribution in [0.3, 0.4) is 0 Å². The first-order chi connectivity index (χ1) is 12.6. The van der Waals surface area contributed by atoms with Gasteiger partial charge >= 0.3 is 5.97 Å². The average molecular weight is 369 g/mol. The molecule has 0 atom stereocenters. The largest absolute Gasteiger partial charge is 0.466 e. The number of rotatable bonds is 16. The average Bonchev–Trinajstić information content (AvgIpc) is 2.95. The lowest BCUT2D eigenvalue weighted by Crippen LogP contribution is -2.37. The van der Waals surface area contributed by atoms with Crippen LogP contribution in [0.1, 0.15) is 96.8 Å². The fourth-order valence-corrected chi connectivity index (χ4v) is 3.39. The van der Waals surface area contributed by atoms with Gasteiger partial charge in [-0.1, -0.05) is 77.6 Å². The fourth-order valence-electron chi connectivity index (χ4n) is 3.39. The summed E-state index contributed by atoms with van der Waals surface area (Å²) in [4.78, 5) is 23.4. The molecule has 1 saturated heterocycles. The monoisotopic (exact) mass is 368 g/mol. The van der Waals surface area contributed by atoms with Gasteiger partial charge < -0.3 is 4.74 Å². The highest BCUT2D eigenvalue weighted by Crippen LogP contribution is 2.12. The maximum Gasteiger partial charge on any atom is 0.307 e. The highest BCUT2D eigenvalue weighted by atomic mass is 16.5. The summed E-state index contributed by atoms with van der Waals surface area (Å²) in [5, 5.41) is 3.52. The van der Waals surface area contributed by atoms with Gasteiger partial charge in [0.1, 0.15) is 0 Å². The van der Waals surface area contributed by atoms with Crippen LogP contribution < -0.4 is 0 Å². The van der Waals surface area contributed by atoms with Crippen LogP contribution in [-0.4, -0.2) is 48.6 Å². The molecule has 152 valence electrons. The number of hydrazine groups is 1. The second kappa shape index (κ2) is 15.0. The van der Waals surface area contributed by atoms with Crippen LogP contribution in [0.25, 0.3) is 0 Å². The van der Waals surface area contributed by atoms with Crippen LogP contribution in [-0.2, 0) is 14.3 Å². The third-order valence-corrected chi connectivity index (χ3v) is 5.14. The number of carbonyl (C=O) groups excluding carboxylic acids is 2. The molecule has 5 heteroatoms. The molecule has 1 aliphatic heterocycles. The second-order valence-electron chi connectivity index (χ2n) is 7.51. The number of unbranched alkanes of at least 4 members (excludes halogenated alkanes) is 11. The van der Waals surface area contributed by atoms with E-state index in [4.69, 9.17) is 4.74 Å². The fraction of sp³-hybridized carbons (Fsp3) is 0.905. The lowest BCUT2D eigenvalue weighted by Gasteiger charge is -2.23. The molecule has 26 heavy (non-hydrogen) atoms. The predicted molar refractivity (Wildman–Crippen MR) is 106 cm³/mol. The van der Waals surface area contributed by atoms with Crippen molar-refractivity contribution in [1.29, 1.82) is 0 Å². The van der Waals surface area contributed by atoms with Crippen LogP contribution in [0.4, 0.5) is 0 Å². The minimum absolute atomic E-state index is 0.0984. The van der Waals surface area contributed by atoms with Crippen molar-refractivity contribution in [1.82, 2.24) is 10.0 Å². The third-order valence-electron chi connectivity index (χ3n) is 5.14. The molecular formula is C21H40N2O3. The first-order valence-corrected chi connectivity index (χ1v) is 10.8. The van der Waals surface area contributed by atoms with E-state index >= 15 is 0 Å². The zero-order chi connectivity index (χ0) is 19.0. The summed E-state index contributed by atoms with van der Waals surface area (Å²) in [5.74, 6) is -0.0950. The van der Waals surface area contributed by atoms with Crippen molar-refractivity contribution in [2.75, 3.05) is 26.7 Å². The van der Waals surface area contributed by atoms with Crippen molar-refractivity contribution in [2.45, 2.75) is 96.8 Å². The standard InChI is InChI=1S/C21H40N2O3/c1-3-4-5-6-7-8-9-10-11-12-13-14-19-26-21(25)16-18-23-20(24)15-17-22(23)2/h3-19H2,1-2H3. The Balaban J connectivity index is 1.82. The molecule has 0 unspecified atom stereocenters. The van der Waals surface area contributed by atoms with Crippen molar-refractivity contribution < 1.29 is 14.3 Å². The summed E-state index contributed by atoms with van der Waals surface area (Å²) >= 11 is 0. The van der Waals surface area contributed by atoms with Crippen LogP contribution >= 0.6 is 0 Å². The summed E-state index contributed by atoms with van der Waals surface area (Å²) in [6.45, 7) is 3.95. The molecule has 5 nitrogen and oxygen atoms in total. The molecule has 1 heterocycles. The van der Waals surface area contributed by atoms with Gasteiger partial charge in [-0.3, -0.25) is 14.6 Å². The molecule has 0 radical (unpaired) electrons. The first kappa shape index (κ1) is 22.9. The van der Waals surface area contributed by atoms with E-state index in [0.717, 1.165) is 19.4 Å². The minimum Gasteiger partial charge on any atom is -0.466 e. The van der Waals surface area contributed by atoms with Crippen molar-refractivity contribution in [3.05, 3.63) is 0 Å². The molecular weight excluding hydrogens is 328 g/mol. The maximum atomic E-state index is 11.7. The summed E-state index contributed by atoms with van der Waals surface area (Å²) in [6.07, 6.45) is 16.5. The summed E-state index contributed by atoms with van der Waals surface area (Å²) in [6, 6.07) is 0. The Morgan fingerprint density at radius 1 is 0.923 bits per heavy atom. The number of hydrogen-bond acceptors (Lipinski definition) is 4. The Hall–Kier alpha value is -1.10. The summed E-state index contributed by atoms with van der Waals surface area (Å²) < 4.78 is 5.27. The van der Waals surface area contributed by atoms with E-state index < -0.39 is 0 Å². The normalized spacial score (nSPS) is 15.0. The SMILES string of the molecule is CCCCCCCCCCCCCCOC(=O)CCN1C(=O)CCN1C. The van der Waals surface area contributed by atoms with Gasteiger partial charge in [-0.05, 0) is 6.42 Å². The molecule has 0 aromatic rings. The van der Waals surface area contributed by atoms with E-state index in [1.54, 1.807) is 5.01 Å². The number of carbonyl (C=O) groups is 2. The smallest absolute Gasteiger partial charge is 0.307 e. The van der Waals surface area contributed by atoms with E-state index in [1.165, 1.54) is 64.2 Å². The van der Waals surface area contributed by atoms with Crippen molar-refractivity contribution in [3.63, 3.8) is 0 Å². The number of amides is 1. The molecule has 0 N–H and O–H groups in total. The Kier molecular flexibility index (Phi) is 13.2. The van der Waals surface area contributed by atoms with Crippen LogP contribution in [0.5, 0.6) is 0 Å². The molecule has 0 aliphatic carbocycles. The Morgan fingerprint density at radius 2 is 1.46 bits per heavy atom. The lowest BCUT2D eigenvalue weighted by atomic mass is 10.1. The number of nitrogens with zero attached hydrogens (tertiary/aromatic N) is 2. The molecule has 0 aromatic carbocycles. The van der Waals surface area contributed by atoms with Gasteiger partial charge in [-0.15, -0.1) is 0 Å². The zero-order valence-corrected chi connectivity index (χ0v) is 17.1. The van der Waals surface area contributed by atoms with Gasteiger partial charge in [0.2, 0.25) is 5.91 Å². The van der Waals surface area contributed by atoms with E-state index in [-0.39, 0.29) is 18.3 Å². The summed E-state index contributed by atoms with van der Waals surface area (Å²) in [7, 11) is 1.88. The Labute approximate surface area is 160 Å². The van der Waals surface area contributed by atoms with Gasteiger partial charge in [-0.2, -0.15) is 0 Å². The highest BCUT2D eigenvalue weighted by molar-refractivity contribution is 5.78. The first-order valence-electron chi connectivity index (χ1n) is 10.8. The number of hydrogen-bond donors (Lipinski definition) is 0. The second-order valence-corrected chi connectivity index (χ2v) is 7.51. The molecule has 1 amide bonds. The molecule has 0 spiro atoms. The zero-order valence-electron chi connectivity index (χ0n) is 17.1. The highest BCUT2D eigenvalue weighted by Gasteiger charge is 2.25. The van der Waals surface area contributed by atoms with E-state index in [9.17, 15) is 9.59 Å². The van der Waals surface area contributed by atoms with Gasteiger partial charge in [0, 0.05) is 26.6 Å². The van der Waals surface area contributed by atoms with E-state index in [2.05, 4.69) is 6.92 Å². The van der Waals surface area contributed by atoms with Crippen LogP contribution in [0, 0.1) is 0 Å². The van der Waals surface area contributed by atoms with Crippen LogP contribution in [0.2, 0.25) is 0 Å². The quantitative estimate of drug-likeness (QED) is 0.293. The van der Waals surface area contributed by atoms with Gasteiger partial charge in [0.25, 0.3) is 0 Å². The molecule has 1 aliphatic rings. The lowest BCUT2D eigenvalue weighted by molar-refractivity contribution is -0.146. The summed E-state index contributed by atoms with van der Waals surface area (Å²) in [5.41, 5.74) is 0. The van der Waals surface area contributed by atoms with Gasteiger partial charge in [-0.25, -0.2) is 5.01 Å². The number of esters is 1. The van der Waals surface area contributed by atoms with Crippen LogP contribution in [0.15, 0.2) is 0 Å². The molecule has 0 bridgehead atoms. The van der Waals surface area contributed by atoms with Gasteiger partial charge in [0.15, 0.2) is 0 Å². The minimum atomic E-state index is -0.193. The third kappa shape index (κ3) is 10.8. The van der Waals surface area contributed by atoms with Crippen molar-refractivity contribution in [3.8, 4) is 0 Å². The predicted octanol–water partition coefficient (Wildman–Crippen LogP) is 4.70.